The van der Waals surface area contributed by atoms with Crippen molar-refractivity contribution in [2.45, 2.75) is 33.2 Å². The molecule has 0 bridgehead atoms. The summed E-state index contributed by atoms with van der Waals surface area (Å²) in [5.74, 6) is 0. The summed E-state index contributed by atoms with van der Waals surface area (Å²) in [6.45, 7) is 10.2. The van der Waals surface area contributed by atoms with E-state index >= 15 is 0 Å². The van der Waals surface area contributed by atoms with Crippen LogP contribution in [0.15, 0.2) is 53.3 Å². The highest BCUT2D eigenvalue weighted by atomic mass is 16.1. The predicted molar refractivity (Wildman–Crippen MR) is 120 cm³/mol. The molecule has 0 N–H and O–H groups in total. The van der Waals surface area contributed by atoms with Gasteiger partial charge in [0.1, 0.15) is 5.69 Å². The number of benzene rings is 2. The van der Waals surface area contributed by atoms with Crippen molar-refractivity contribution < 1.29 is 0 Å². The Labute approximate surface area is 172 Å². The molecule has 2 heterocycles. The van der Waals surface area contributed by atoms with Gasteiger partial charge in [-0.25, -0.2) is 4.98 Å². The van der Waals surface area contributed by atoms with Crippen LogP contribution in [0.4, 0.5) is 5.69 Å². The Morgan fingerprint density at radius 1 is 0.862 bits per heavy atom. The lowest BCUT2D eigenvalue weighted by atomic mass is 10.1. The van der Waals surface area contributed by atoms with Crippen molar-refractivity contribution in [3.63, 3.8) is 0 Å². The number of nitrogens with zero attached hydrogens (tertiary/aromatic N) is 4. The number of aryl methyl sites for hydroxylation is 3. The minimum atomic E-state index is 0.0375. The number of hydrogen-bond donors (Lipinski definition) is 0. The number of para-hydroxylation sites is 3. The van der Waals surface area contributed by atoms with Crippen molar-refractivity contribution in [3.05, 3.63) is 70.1 Å². The zero-order chi connectivity index (χ0) is 20.2. The van der Waals surface area contributed by atoms with E-state index in [0.29, 0.717) is 5.69 Å². The van der Waals surface area contributed by atoms with Crippen LogP contribution < -0.4 is 10.5 Å². The molecule has 2 aromatic carbocycles. The molecule has 1 aliphatic rings. The molecule has 1 aromatic heterocycles. The van der Waals surface area contributed by atoms with Crippen molar-refractivity contribution in [1.82, 2.24) is 14.5 Å². The molecule has 1 aliphatic heterocycles. The second-order valence-electron chi connectivity index (χ2n) is 7.97. The lowest BCUT2D eigenvalue weighted by Crippen LogP contribution is -2.46. The molecule has 3 aromatic rings. The third-order valence-corrected chi connectivity index (χ3v) is 5.95. The van der Waals surface area contributed by atoms with Gasteiger partial charge in [0.25, 0.3) is 5.56 Å². The van der Waals surface area contributed by atoms with E-state index in [0.717, 1.165) is 63.1 Å². The van der Waals surface area contributed by atoms with Crippen molar-refractivity contribution in [2.75, 3.05) is 37.6 Å². The molecular formula is C24H30N4O. The quantitative estimate of drug-likeness (QED) is 0.603. The smallest absolute Gasteiger partial charge is 0.272 e. The summed E-state index contributed by atoms with van der Waals surface area (Å²) >= 11 is 0. The van der Waals surface area contributed by atoms with E-state index < -0.39 is 0 Å². The lowest BCUT2D eigenvalue weighted by Gasteiger charge is -2.36. The number of fused-ring (bicyclic) bond motifs is 1. The molecule has 0 aliphatic carbocycles. The average Bonchev–Trinajstić information content (AvgIpc) is 2.74. The summed E-state index contributed by atoms with van der Waals surface area (Å²) in [6, 6.07) is 16.6. The highest BCUT2D eigenvalue weighted by Crippen LogP contribution is 2.21. The maximum atomic E-state index is 12.6. The van der Waals surface area contributed by atoms with Crippen LogP contribution >= 0.6 is 0 Å². The van der Waals surface area contributed by atoms with E-state index in [9.17, 15) is 4.79 Å². The van der Waals surface area contributed by atoms with Gasteiger partial charge in [-0.15, -0.1) is 0 Å². The summed E-state index contributed by atoms with van der Waals surface area (Å²) in [5, 5.41) is 0. The fourth-order valence-electron chi connectivity index (χ4n) is 4.28. The molecular weight excluding hydrogens is 360 g/mol. The molecule has 5 nitrogen and oxygen atoms in total. The molecule has 4 rings (SSSR count). The van der Waals surface area contributed by atoms with Crippen molar-refractivity contribution in [1.29, 1.82) is 0 Å². The summed E-state index contributed by atoms with van der Waals surface area (Å²) in [4.78, 5) is 22.0. The molecule has 0 saturated carbocycles. The molecule has 0 amide bonds. The number of piperazine rings is 1. The highest BCUT2D eigenvalue weighted by molar-refractivity contribution is 5.74. The van der Waals surface area contributed by atoms with Crippen LogP contribution in [0.3, 0.4) is 0 Å². The molecule has 0 radical (unpaired) electrons. The Morgan fingerprint density at radius 2 is 1.55 bits per heavy atom. The first-order chi connectivity index (χ1) is 14.1. The molecule has 29 heavy (non-hydrogen) atoms. The molecule has 1 fully saturated rings. The van der Waals surface area contributed by atoms with Gasteiger partial charge in [0, 0.05) is 38.4 Å². The Balaban J connectivity index is 1.29. The largest absolute Gasteiger partial charge is 0.369 e. The number of aromatic nitrogens is 2. The standard InChI is InChI=1S/C24H30N4O/c1-19-9-3-5-11-22(19)27-17-15-26(16-18-27)13-7-8-14-28-23-12-6-4-10-21(23)25-20(2)24(28)29/h3-6,9-12H,7-8,13-18H2,1-2H3. The zero-order valence-electron chi connectivity index (χ0n) is 17.5. The van der Waals surface area contributed by atoms with Crippen molar-refractivity contribution >= 4 is 16.7 Å². The van der Waals surface area contributed by atoms with Crippen LogP contribution in [-0.2, 0) is 6.54 Å². The molecule has 0 atom stereocenters. The van der Waals surface area contributed by atoms with Crippen molar-refractivity contribution in [3.8, 4) is 0 Å². The van der Waals surface area contributed by atoms with E-state index in [-0.39, 0.29) is 5.56 Å². The number of hydrogen-bond acceptors (Lipinski definition) is 4. The van der Waals surface area contributed by atoms with E-state index in [1.165, 1.54) is 11.3 Å². The second kappa shape index (κ2) is 8.78. The molecule has 1 saturated heterocycles. The third-order valence-electron chi connectivity index (χ3n) is 5.95. The van der Waals surface area contributed by atoms with Crippen LogP contribution in [0.5, 0.6) is 0 Å². The van der Waals surface area contributed by atoms with Gasteiger partial charge in [-0.1, -0.05) is 30.3 Å². The van der Waals surface area contributed by atoms with Gasteiger partial charge < -0.3 is 9.47 Å². The number of anilines is 1. The Morgan fingerprint density at radius 3 is 2.34 bits per heavy atom. The van der Waals surface area contributed by atoms with Crippen molar-refractivity contribution in [2.24, 2.45) is 0 Å². The SMILES string of the molecule is Cc1ccccc1N1CCN(CCCCn2c(=O)c(C)nc3ccccc32)CC1. The summed E-state index contributed by atoms with van der Waals surface area (Å²) in [5.41, 5.74) is 5.18. The number of rotatable bonds is 6. The van der Waals surface area contributed by atoms with Gasteiger partial charge in [0.05, 0.1) is 11.0 Å². The minimum Gasteiger partial charge on any atom is -0.369 e. The fraction of sp³-hybridized carbons (Fsp3) is 0.417. The van der Waals surface area contributed by atoms with Gasteiger partial charge in [-0.05, 0) is 57.0 Å². The normalized spacial score (nSPS) is 15.2. The molecule has 152 valence electrons. The highest BCUT2D eigenvalue weighted by Gasteiger charge is 2.17. The summed E-state index contributed by atoms with van der Waals surface area (Å²) in [6.07, 6.45) is 2.11. The summed E-state index contributed by atoms with van der Waals surface area (Å²) in [7, 11) is 0. The monoisotopic (exact) mass is 390 g/mol. The van der Waals surface area contributed by atoms with Gasteiger partial charge in [0.15, 0.2) is 0 Å². The van der Waals surface area contributed by atoms with E-state index in [1.54, 1.807) is 6.92 Å². The maximum absolute atomic E-state index is 12.6. The average molecular weight is 391 g/mol. The van der Waals surface area contributed by atoms with Gasteiger partial charge in [-0.3, -0.25) is 9.69 Å². The molecule has 5 heteroatoms. The van der Waals surface area contributed by atoms with E-state index in [2.05, 4.69) is 46.0 Å². The fourth-order valence-corrected chi connectivity index (χ4v) is 4.28. The van der Waals surface area contributed by atoms with E-state index in [4.69, 9.17) is 0 Å². The first-order valence-electron chi connectivity index (χ1n) is 10.6. The molecule has 0 unspecified atom stereocenters. The first-order valence-corrected chi connectivity index (χ1v) is 10.6. The topological polar surface area (TPSA) is 41.4 Å². The second-order valence-corrected chi connectivity index (χ2v) is 7.97. The van der Waals surface area contributed by atoms with Gasteiger partial charge in [0.2, 0.25) is 0 Å². The molecule has 0 spiro atoms. The first kappa shape index (κ1) is 19.6. The minimum absolute atomic E-state index is 0.0375. The summed E-state index contributed by atoms with van der Waals surface area (Å²) < 4.78 is 1.90. The number of unbranched alkanes of at least 4 members (excludes halogenated alkanes) is 1. The zero-order valence-corrected chi connectivity index (χ0v) is 17.5. The van der Waals surface area contributed by atoms with Gasteiger partial charge >= 0.3 is 0 Å². The Bertz CT molecular complexity index is 1030. The van der Waals surface area contributed by atoms with Gasteiger partial charge in [-0.2, -0.15) is 0 Å². The van der Waals surface area contributed by atoms with Crippen LogP contribution in [0.2, 0.25) is 0 Å². The lowest BCUT2D eigenvalue weighted by molar-refractivity contribution is 0.251. The predicted octanol–water partition coefficient (Wildman–Crippen LogP) is 3.62. The van der Waals surface area contributed by atoms with Crippen LogP contribution in [0.1, 0.15) is 24.1 Å². The van der Waals surface area contributed by atoms with Crippen LogP contribution in [0, 0.1) is 13.8 Å². The Kier molecular flexibility index (Phi) is 5.95. The van der Waals surface area contributed by atoms with E-state index in [1.807, 2.05) is 28.8 Å². The Hall–Kier alpha value is -2.66. The third kappa shape index (κ3) is 4.35. The van der Waals surface area contributed by atoms with Crippen LogP contribution in [0.25, 0.3) is 11.0 Å². The maximum Gasteiger partial charge on any atom is 0.272 e. The van der Waals surface area contributed by atoms with Crippen LogP contribution in [-0.4, -0.2) is 47.2 Å².